The van der Waals surface area contributed by atoms with Crippen molar-refractivity contribution < 1.29 is 14.6 Å². The van der Waals surface area contributed by atoms with Crippen LogP contribution in [0.25, 0.3) is 10.8 Å². The van der Waals surface area contributed by atoms with Crippen molar-refractivity contribution in [2.75, 3.05) is 7.11 Å². The molecule has 0 aliphatic rings. The molecule has 5 nitrogen and oxygen atoms in total. The Hall–Kier alpha value is -3.34. The Bertz CT molecular complexity index is 963. The highest BCUT2D eigenvalue weighted by atomic mass is 16.5. The largest absolute Gasteiger partial charge is 0.507 e. The zero-order valence-corrected chi connectivity index (χ0v) is 14.7. The van der Waals surface area contributed by atoms with Crippen LogP contribution < -0.4 is 10.2 Å². The third-order valence-corrected chi connectivity index (χ3v) is 4.08. The van der Waals surface area contributed by atoms with Crippen LogP contribution in [-0.2, 0) is 6.42 Å². The number of phenols is 1. The summed E-state index contributed by atoms with van der Waals surface area (Å²) in [5, 5.41) is 16.0. The van der Waals surface area contributed by atoms with Crippen LogP contribution >= 0.6 is 0 Å². The van der Waals surface area contributed by atoms with Gasteiger partial charge in [-0.05, 0) is 47.5 Å². The maximum absolute atomic E-state index is 12.4. The summed E-state index contributed by atoms with van der Waals surface area (Å²) in [5.41, 5.74) is 4.53. The Morgan fingerprint density at radius 1 is 1.08 bits per heavy atom. The molecule has 0 fully saturated rings. The molecular weight excluding hydrogens is 328 g/mol. The van der Waals surface area contributed by atoms with Crippen molar-refractivity contribution in [3.05, 3.63) is 71.8 Å². The van der Waals surface area contributed by atoms with Crippen molar-refractivity contribution in [1.29, 1.82) is 0 Å². The number of benzene rings is 3. The van der Waals surface area contributed by atoms with Gasteiger partial charge in [-0.15, -0.1) is 0 Å². The van der Waals surface area contributed by atoms with Gasteiger partial charge in [0.15, 0.2) is 0 Å². The highest BCUT2D eigenvalue weighted by Gasteiger charge is 2.12. The molecule has 0 atom stereocenters. The summed E-state index contributed by atoms with van der Waals surface area (Å²) >= 11 is 0. The molecule has 1 amide bonds. The standard InChI is InChI=1S/C21H20N2O3/c1-14(11-15-7-9-18(26-2)10-8-15)22-23-21(25)19-12-16-5-3-4-6-17(16)13-20(19)24/h3-10,12-13,24H,11H2,1-2H3,(H,23,25)/b22-14-. The van der Waals surface area contributed by atoms with Gasteiger partial charge in [0.2, 0.25) is 0 Å². The van der Waals surface area contributed by atoms with E-state index in [1.807, 2.05) is 55.5 Å². The van der Waals surface area contributed by atoms with E-state index in [9.17, 15) is 9.90 Å². The van der Waals surface area contributed by atoms with E-state index in [2.05, 4.69) is 10.5 Å². The average Bonchev–Trinajstić information content (AvgIpc) is 2.66. The molecule has 0 aliphatic carbocycles. The molecular formula is C21H20N2O3. The fourth-order valence-corrected chi connectivity index (χ4v) is 2.69. The Morgan fingerprint density at radius 3 is 2.38 bits per heavy atom. The lowest BCUT2D eigenvalue weighted by Crippen LogP contribution is -2.19. The molecule has 0 spiro atoms. The van der Waals surface area contributed by atoms with E-state index in [0.717, 1.165) is 27.8 Å². The number of ether oxygens (including phenoxy) is 1. The van der Waals surface area contributed by atoms with E-state index in [-0.39, 0.29) is 11.3 Å². The first-order valence-corrected chi connectivity index (χ1v) is 8.25. The van der Waals surface area contributed by atoms with E-state index < -0.39 is 5.91 Å². The number of phenolic OH excluding ortho intramolecular Hbond substituents is 1. The van der Waals surface area contributed by atoms with Crippen molar-refractivity contribution in [2.45, 2.75) is 13.3 Å². The van der Waals surface area contributed by atoms with Gasteiger partial charge in [-0.3, -0.25) is 4.79 Å². The minimum atomic E-state index is -0.442. The molecule has 0 saturated heterocycles. The van der Waals surface area contributed by atoms with Gasteiger partial charge < -0.3 is 9.84 Å². The second-order valence-corrected chi connectivity index (χ2v) is 6.03. The average molecular weight is 348 g/mol. The number of amides is 1. The number of rotatable bonds is 5. The normalized spacial score (nSPS) is 11.4. The first-order valence-electron chi connectivity index (χ1n) is 8.25. The van der Waals surface area contributed by atoms with Crippen LogP contribution in [0, 0.1) is 0 Å². The molecule has 3 aromatic carbocycles. The quantitative estimate of drug-likeness (QED) is 0.543. The lowest BCUT2D eigenvalue weighted by Gasteiger charge is -2.07. The topological polar surface area (TPSA) is 70.9 Å². The van der Waals surface area contributed by atoms with E-state index in [0.29, 0.717) is 6.42 Å². The maximum Gasteiger partial charge on any atom is 0.275 e. The monoisotopic (exact) mass is 348 g/mol. The Morgan fingerprint density at radius 2 is 1.73 bits per heavy atom. The number of nitrogens with one attached hydrogen (secondary N) is 1. The van der Waals surface area contributed by atoms with E-state index in [1.165, 1.54) is 0 Å². The lowest BCUT2D eigenvalue weighted by molar-refractivity contribution is 0.0952. The minimum absolute atomic E-state index is 0.0655. The number of methoxy groups -OCH3 is 1. The molecule has 132 valence electrons. The first-order chi connectivity index (χ1) is 12.6. The molecule has 0 bridgehead atoms. The molecule has 0 radical (unpaired) electrons. The van der Waals surface area contributed by atoms with E-state index in [1.54, 1.807) is 19.2 Å². The molecule has 3 aromatic rings. The lowest BCUT2D eigenvalue weighted by atomic mass is 10.1. The summed E-state index contributed by atoms with van der Waals surface area (Å²) in [4.78, 5) is 12.4. The summed E-state index contributed by atoms with van der Waals surface area (Å²) in [5.74, 6) is 0.287. The smallest absolute Gasteiger partial charge is 0.275 e. The van der Waals surface area contributed by atoms with Crippen LogP contribution in [-0.4, -0.2) is 23.8 Å². The third kappa shape index (κ3) is 4.00. The Labute approximate surface area is 151 Å². The van der Waals surface area contributed by atoms with Gasteiger partial charge in [0.1, 0.15) is 11.5 Å². The summed E-state index contributed by atoms with van der Waals surface area (Å²) in [6, 6.07) is 18.5. The number of nitrogens with zero attached hydrogens (tertiary/aromatic N) is 1. The fourth-order valence-electron chi connectivity index (χ4n) is 2.69. The molecule has 3 rings (SSSR count). The number of hydrogen-bond acceptors (Lipinski definition) is 4. The summed E-state index contributed by atoms with van der Waals surface area (Å²) in [6.07, 6.45) is 0.605. The van der Waals surface area contributed by atoms with Crippen LogP contribution in [0.1, 0.15) is 22.8 Å². The van der Waals surface area contributed by atoms with Gasteiger partial charge in [0.05, 0.1) is 12.7 Å². The second kappa shape index (κ2) is 7.70. The van der Waals surface area contributed by atoms with Gasteiger partial charge in [-0.2, -0.15) is 5.10 Å². The summed E-state index contributed by atoms with van der Waals surface area (Å²) in [6.45, 7) is 1.84. The first kappa shape index (κ1) is 17.5. The van der Waals surface area contributed by atoms with Gasteiger partial charge >= 0.3 is 0 Å². The van der Waals surface area contributed by atoms with E-state index >= 15 is 0 Å². The number of hydrogen-bond donors (Lipinski definition) is 2. The number of hydrazone groups is 1. The zero-order chi connectivity index (χ0) is 18.5. The summed E-state index contributed by atoms with van der Waals surface area (Å²) < 4.78 is 5.13. The predicted molar refractivity (Wildman–Crippen MR) is 103 cm³/mol. The van der Waals surface area contributed by atoms with Crippen molar-refractivity contribution in [3.63, 3.8) is 0 Å². The van der Waals surface area contributed by atoms with E-state index in [4.69, 9.17) is 4.74 Å². The summed E-state index contributed by atoms with van der Waals surface area (Å²) in [7, 11) is 1.62. The molecule has 0 unspecified atom stereocenters. The van der Waals surface area contributed by atoms with Crippen LogP contribution in [0.15, 0.2) is 65.8 Å². The van der Waals surface area contributed by atoms with Gasteiger partial charge in [-0.25, -0.2) is 5.43 Å². The van der Waals surface area contributed by atoms with Gasteiger partial charge in [-0.1, -0.05) is 36.4 Å². The van der Waals surface area contributed by atoms with Crippen molar-refractivity contribution in [2.24, 2.45) is 5.10 Å². The second-order valence-electron chi connectivity index (χ2n) is 6.03. The minimum Gasteiger partial charge on any atom is -0.507 e. The van der Waals surface area contributed by atoms with Crippen LogP contribution in [0.5, 0.6) is 11.5 Å². The maximum atomic E-state index is 12.4. The number of carbonyl (C=O) groups is 1. The van der Waals surface area contributed by atoms with Crippen molar-refractivity contribution >= 4 is 22.4 Å². The van der Waals surface area contributed by atoms with Gasteiger partial charge in [0.25, 0.3) is 5.91 Å². The van der Waals surface area contributed by atoms with Crippen LogP contribution in [0.3, 0.4) is 0 Å². The predicted octanol–water partition coefficient (Wildman–Crippen LogP) is 3.90. The van der Waals surface area contributed by atoms with Crippen molar-refractivity contribution in [3.8, 4) is 11.5 Å². The highest BCUT2D eigenvalue weighted by molar-refractivity contribution is 6.02. The highest BCUT2D eigenvalue weighted by Crippen LogP contribution is 2.24. The SMILES string of the molecule is COc1ccc(C/C(C)=N\NC(=O)c2cc3ccccc3cc2O)cc1. The van der Waals surface area contributed by atoms with Crippen LogP contribution in [0.2, 0.25) is 0 Å². The number of carbonyl (C=O) groups excluding carboxylic acids is 1. The van der Waals surface area contributed by atoms with Gasteiger partial charge in [0, 0.05) is 12.1 Å². The molecule has 26 heavy (non-hydrogen) atoms. The zero-order valence-electron chi connectivity index (χ0n) is 14.7. The molecule has 0 aliphatic heterocycles. The molecule has 0 aromatic heterocycles. The Balaban J connectivity index is 1.70. The fraction of sp³-hybridized carbons (Fsp3) is 0.143. The third-order valence-electron chi connectivity index (χ3n) is 4.08. The van der Waals surface area contributed by atoms with Crippen molar-refractivity contribution in [1.82, 2.24) is 5.43 Å². The molecule has 0 saturated carbocycles. The Kier molecular flexibility index (Phi) is 5.17. The molecule has 5 heteroatoms. The number of fused-ring (bicyclic) bond motifs is 1. The van der Waals surface area contributed by atoms with Crippen LogP contribution in [0.4, 0.5) is 0 Å². The molecule has 2 N–H and O–H groups in total. The number of aromatic hydroxyl groups is 1. The molecule has 0 heterocycles.